The highest BCUT2D eigenvalue weighted by atomic mass is 16.5. The number of imidazole rings is 1. The Morgan fingerprint density at radius 3 is 2.38 bits per heavy atom. The van der Waals surface area contributed by atoms with E-state index in [0.29, 0.717) is 18.1 Å². The molecule has 0 saturated carbocycles. The zero-order chi connectivity index (χ0) is 17.5. The smallest absolute Gasteiger partial charge is 0.106 e. The van der Waals surface area contributed by atoms with Gasteiger partial charge in [-0.05, 0) is 37.5 Å². The van der Waals surface area contributed by atoms with Crippen molar-refractivity contribution < 1.29 is 4.74 Å². The molecule has 2 bridgehead atoms. The largest absolute Gasteiger partial charge is 0.378 e. The van der Waals surface area contributed by atoms with Gasteiger partial charge >= 0.3 is 0 Å². The van der Waals surface area contributed by atoms with Crippen molar-refractivity contribution in [1.29, 1.82) is 0 Å². The van der Waals surface area contributed by atoms with Gasteiger partial charge in [0.05, 0.1) is 24.2 Å². The van der Waals surface area contributed by atoms with Gasteiger partial charge < -0.3 is 9.30 Å². The first-order chi connectivity index (χ1) is 12.8. The lowest BCUT2D eigenvalue weighted by atomic mass is 9.89. The zero-order valence-electron chi connectivity index (χ0n) is 15.2. The molecule has 2 aliphatic rings. The molecular formula is C22H25N3O. The van der Waals surface area contributed by atoms with E-state index in [0.717, 1.165) is 43.9 Å². The van der Waals surface area contributed by atoms with Crippen LogP contribution in [0.3, 0.4) is 0 Å². The normalized spacial score (nSPS) is 26.3. The average molecular weight is 347 g/mol. The Morgan fingerprint density at radius 1 is 0.923 bits per heavy atom. The highest BCUT2D eigenvalue weighted by Gasteiger charge is 2.40. The molecular weight excluding hydrogens is 322 g/mol. The molecule has 0 spiro atoms. The number of aryl methyl sites for hydroxylation is 1. The van der Waals surface area contributed by atoms with Crippen molar-refractivity contribution in [2.75, 3.05) is 13.2 Å². The molecule has 0 radical (unpaired) electrons. The first-order valence-electron chi connectivity index (χ1n) is 9.60. The minimum atomic E-state index is 0.480. The number of morpholine rings is 1. The number of rotatable bonds is 3. The van der Waals surface area contributed by atoms with E-state index in [2.05, 4.69) is 71.0 Å². The molecule has 0 amide bonds. The van der Waals surface area contributed by atoms with Gasteiger partial charge in [-0.15, -0.1) is 0 Å². The number of hydrogen-bond donors (Lipinski definition) is 0. The van der Waals surface area contributed by atoms with Gasteiger partial charge in [0.1, 0.15) is 5.82 Å². The van der Waals surface area contributed by atoms with Crippen LogP contribution in [0.4, 0.5) is 0 Å². The highest BCUT2D eigenvalue weighted by molar-refractivity contribution is 5.76. The minimum absolute atomic E-state index is 0.480. The topological polar surface area (TPSA) is 30.3 Å². The third-order valence-electron chi connectivity index (χ3n) is 5.99. The van der Waals surface area contributed by atoms with Gasteiger partial charge in [-0.2, -0.15) is 0 Å². The van der Waals surface area contributed by atoms with E-state index in [1.807, 2.05) is 0 Å². The standard InChI is InChI=1S/C22H25N3O/c1-16-23-21-9-5-6-10-22(21)25(16)18-11-19-14-26-15-20(12-18)24(19)13-17-7-3-2-4-8-17/h2-10,18-20H,11-15H2,1H3. The second-order valence-corrected chi connectivity index (χ2v) is 7.65. The predicted octanol–water partition coefficient (Wildman–Crippen LogP) is 3.95. The van der Waals surface area contributed by atoms with Crippen LogP contribution in [0.15, 0.2) is 54.6 Å². The minimum Gasteiger partial charge on any atom is -0.378 e. The summed E-state index contributed by atoms with van der Waals surface area (Å²) in [5.41, 5.74) is 3.77. The van der Waals surface area contributed by atoms with Crippen LogP contribution in [0.2, 0.25) is 0 Å². The van der Waals surface area contributed by atoms with E-state index in [4.69, 9.17) is 9.72 Å². The van der Waals surface area contributed by atoms with Crippen LogP contribution >= 0.6 is 0 Å². The molecule has 2 unspecified atom stereocenters. The van der Waals surface area contributed by atoms with Gasteiger partial charge in [0.2, 0.25) is 0 Å². The molecule has 2 aromatic carbocycles. The average Bonchev–Trinajstić information content (AvgIpc) is 2.98. The Balaban J connectivity index is 1.44. The van der Waals surface area contributed by atoms with Crippen molar-refractivity contribution in [3.63, 3.8) is 0 Å². The summed E-state index contributed by atoms with van der Waals surface area (Å²) in [5.74, 6) is 1.13. The van der Waals surface area contributed by atoms with Gasteiger partial charge in [-0.1, -0.05) is 42.5 Å². The number of ether oxygens (including phenoxy) is 1. The molecule has 3 aromatic rings. The molecule has 2 aliphatic heterocycles. The second-order valence-electron chi connectivity index (χ2n) is 7.65. The van der Waals surface area contributed by atoms with Crippen LogP contribution in [0.1, 0.15) is 30.3 Å². The summed E-state index contributed by atoms with van der Waals surface area (Å²) in [6, 6.07) is 20.8. The van der Waals surface area contributed by atoms with Crippen LogP contribution < -0.4 is 0 Å². The van der Waals surface area contributed by atoms with Gasteiger partial charge in [0.15, 0.2) is 0 Å². The first kappa shape index (κ1) is 16.0. The molecule has 3 heterocycles. The summed E-state index contributed by atoms with van der Waals surface area (Å²) < 4.78 is 8.39. The molecule has 0 aliphatic carbocycles. The molecule has 4 nitrogen and oxygen atoms in total. The fourth-order valence-electron chi connectivity index (χ4n) is 4.85. The Hall–Kier alpha value is -2.17. The number of nitrogens with zero attached hydrogens (tertiary/aromatic N) is 3. The number of aromatic nitrogens is 2. The lowest BCUT2D eigenvalue weighted by Gasteiger charge is -2.49. The summed E-state index contributed by atoms with van der Waals surface area (Å²) in [7, 11) is 0. The van der Waals surface area contributed by atoms with Crippen molar-refractivity contribution >= 4 is 11.0 Å². The van der Waals surface area contributed by atoms with Crippen LogP contribution in [-0.4, -0.2) is 39.7 Å². The monoisotopic (exact) mass is 347 g/mol. The van der Waals surface area contributed by atoms with Crippen molar-refractivity contribution in [2.45, 2.75) is 44.4 Å². The van der Waals surface area contributed by atoms with Crippen LogP contribution in [0, 0.1) is 6.92 Å². The second kappa shape index (κ2) is 6.53. The van der Waals surface area contributed by atoms with Crippen molar-refractivity contribution in [3.05, 3.63) is 66.0 Å². The maximum Gasteiger partial charge on any atom is 0.106 e. The maximum atomic E-state index is 5.92. The summed E-state index contributed by atoms with van der Waals surface area (Å²) in [4.78, 5) is 7.46. The number of para-hydroxylation sites is 2. The third-order valence-corrected chi connectivity index (χ3v) is 5.99. The molecule has 0 N–H and O–H groups in total. The quantitative estimate of drug-likeness (QED) is 0.719. The summed E-state index contributed by atoms with van der Waals surface area (Å²) in [5, 5.41) is 0. The lowest BCUT2D eigenvalue weighted by Crippen LogP contribution is -2.56. The van der Waals surface area contributed by atoms with Gasteiger partial charge in [-0.25, -0.2) is 4.98 Å². The molecule has 2 atom stereocenters. The first-order valence-corrected chi connectivity index (χ1v) is 9.60. The van der Waals surface area contributed by atoms with Crippen molar-refractivity contribution in [1.82, 2.24) is 14.5 Å². The molecule has 1 aromatic heterocycles. The molecule has 26 heavy (non-hydrogen) atoms. The van der Waals surface area contributed by atoms with E-state index < -0.39 is 0 Å². The van der Waals surface area contributed by atoms with E-state index in [-0.39, 0.29) is 0 Å². The predicted molar refractivity (Wildman–Crippen MR) is 103 cm³/mol. The molecule has 2 saturated heterocycles. The fourth-order valence-corrected chi connectivity index (χ4v) is 4.85. The van der Waals surface area contributed by atoms with Crippen molar-refractivity contribution in [3.8, 4) is 0 Å². The number of hydrogen-bond acceptors (Lipinski definition) is 3. The van der Waals surface area contributed by atoms with Crippen LogP contribution in [0.25, 0.3) is 11.0 Å². The maximum absolute atomic E-state index is 5.92. The summed E-state index contributed by atoms with van der Waals surface area (Å²) in [6.45, 7) is 4.84. The Morgan fingerprint density at radius 2 is 1.62 bits per heavy atom. The van der Waals surface area contributed by atoms with Crippen LogP contribution in [0.5, 0.6) is 0 Å². The summed E-state index contributed by atoms with van der Waals surface area (Å²) >= 11 is 0. The van der Waals surface area contributed by atoms with Gasteiger partial charge in [0, 0.05) is 24.7 Å². The Bertz CT molecular complexity index is 890. The number of benzene rings is 2. The van der Waals surface area contributed by atoms with Gasteiger partial charge in [-0.3, -0.25) is 4.90 Å². The van der Waals surface area contributed by atoms with E-state index in [9.17, 15) is 0 Å². The summed E-state index contributed by atoms with van der Waals surface area (Å²) in [6.07, 6.45) is 2.26. The Labute approximate surface area is 154 Å². The lowest BCUT2D eigenvalue weighted by molar-refractivity contribution is -0.0893. The van der Waals surface area contributed by atoms with Crippen LogP contribution in [-0.2, 0) is 11.3 Å². The SMILES string of the molecule is Cc1nc2ccccc2n1C1CC2COCC(C1)N2Cc1ccccc1. The van der Waals surface area contributed by atoms with Gasteiger partial charge in [0.25, 0.3) is 0 Å². The molecule has 4 heteroatoms. The molecule has 2 fully saturated rings. The fraction of sp³-hybridized carbons (Fsp3) is 0.409. The van der Waals surface area contributed by atoms with Crippen molar-refractivity contribution in [2.24, 2.45) is 0 Å². The third kappa shape index (κ3) is 2.74. The van der Waals surface area contributed by atoms with E-state index in [1.54, 1.807) is 0 Å². The van der Waals surface area contributed by atoms with E-state index in [1.165, 1.54) is 11.1 Å². The zero-order valence-corrected chi connectivity index (χ0v) is 15.2. The Kier molecular flexibility index (Phi) is 4.03. The number of fused-ring (bicyclic) bond motifs is 3. The number of piperidine rings is 1. The molecule has 5 rings (SSSR count). The molecule has 134 valence electrons. The van der Waals surface area contributed by atoms with E-state index >= 15 is 0 Å². The highest BCUT2D eigenvalue weighted by Crippen LogP contribution is 2.37.